The van der Waals surface area contributed by atoms with Crippen molar-refractivity contribution in [3.63, 3.8) is 0 Å². The third kappa shape index (κ3) is 2.58. The number of phenolic OH excluding ortho intramolecular Hbond substituents is 1. The molecule has 0 unspecified atom stereocenters. The van der Waals surface area contributed by atoms with Crippen LogP contribution in [0, 0.1) is 0 Å². The summed E-state index contributed by atoms with van der Waals surface area (Å²) in [5, 5.41) is 9.45. The van der Waals surface area contributed by atoms with E-state index < -0.39 is 5.97 Å². The first-order chi connectivity index (χ1) is 8.70. The van der Waals surface area contributed by atoms with E-state index in [9.17, 15) is 9.90 Å². The van der Waals surface area contributed by atoms with Crippen LogP contribution in [0.15, 0.2) is 61.2 Å². The highest BCUT2D eigenvalue weighted by Crippen LogP contribution is 2.33. The average molecular weight is 240 g/mol. The second-order valence-corrected chi connectivity index (χ2v) is 3.67. The Bertz CT molecular complexity index is 574. The number of aromatic hydroxyl groups is 1. The highest BCUT2D eigenvalue weighted by molar-refractivity contribution is 5.85. The van der Waals surface area contributed by atoms with Gasteiger partial charge in [-0.3, -0.25) is 0 Å². The number of hydrogen-bond acceptors (Lipinski definition) is 3. The first-order valence-electron chi connectivity index (χ1n) is 5.43. The summed E-state index contributed by atoms with van der Waals surface area (Å²) in [7, 11) is 0. The maximum atomic E-state index is 11.3. The van der Waals surface area contributed by atoms with E-state index in [2.05, 4.69) is 6.58 Å². The molecule has 0 aromatic heterocycles. The molecule has 0 radical (unpaired) electrons. The normalized spacial score (nSPS) is 9.78. The summed E-state index contributed by atoms with van der Waals surface area (Å²) < 4.78 is 5.11. The Labute approximate surface area is 105 Å². The zero-order valence-corrected chi connectivity index (χ0v) is 9.67. The fraction of sp³-hybridized carbons (Fsp3) is 0. The molecule has 0 heterocycles. The van der Waals surface area contributed by atoms with Crippen LogP contribution in [-0.4, -0.2) is 11.1 Å². The molecule has 18 heavy (non-hydrogen) atoms. The van der Waals surface area contributed by atoms with E-state index in [0.29, 0.717) is 5.75 Å². The standard InChI is InChI=1S/C15H12O3/c1-2-15(17)18-14-10-12(16)8-9-13(14)11-6-4-3-5-7-11/h2-10,16H,1H2. The number of benzene rings is 2. The van der Waals surface area contributed by atoms with Crippen molar-refractivity contribution in [2.45, 2.75) is 0 Å². The van der Waals surface area contributed by atoms with Gasteiger partial charge in [0.15, 0.2) is 0 Å². The predicted octanol–water partition coefficient (Wildman–Crippen LogP) is 3.15. The fourth-order valence-corrected chi connectivity index (χ4v) is 1.60. The molecule has 0 fully saturated rings. The third-order valence-electron chi connectivity index (χ3n) is 2.43. The Morgan fingerprint density at radius 1 is 1.17 bits per heavy atom. The van der Waals surface area contributed by atoms with E-state index in [-0.39, 0.29) is 5.75 Å². The monoisotopic (exact) mass is 240 g/mol. The zero-order chi connectivity index (χ0) is 13.0. The molecule has 2 aromatic rings. The number of ether oxygens (including phenoxy) is 1. The van der Waals surface area contributed by atoms with Crippen LogP contribution in [0.4, 0.5) is 0 Å². The highest BCUT2D eigenvalue weighted by Gasteiger charge is 2.09. The van der Waals surface area contributed by atoms with Crippen molar-refractivity contribution >= 4 is 5.97 Å². The number of carbonyl (C=O) groups excluding carboxylic acids is 1. The van der Waals surface area contributed by atoms with Gasteiger partial charge in [-0.2, -0.15) is 0 Å². The molecule has 3 heteroatoms. The molecule has 0 atom stereocenters. The van der Waals surface area contributed by atoms with Crippen molar-refractivity contribution in [3.05, 3.63) is 61.2 Å². The predicted molar refractivity (Wildman–Crippen MR) is 69.4 cm³/mol. The minimum absolute atomic E-state index is 0.0431. The summed E-state index contributed by atoms with van der Waals surface area (Å²) in [5.41, 5.74) is 1.65. The van der Waals surface area contributed by atoms with Gasteiger partial charge >= 0.3 is 5.97 Å². The lowest BCUT2D eigenvalue weighted by Gasteiger charge is -2.09. The molecular weight excluding hydrogens is 228 g/mol. The van der Waals surface area contributed by atoms with Crippen molar-refractivity contribution in [2.75, 3.05) is 0 Å². The SMILES string of the molecule is C=CC(=O)Oc1cc(O)ccc1-c1ccccc1. The molecule has 0 saturated carbocycles. The highest BCUT2D eigenvalue weighted by atomic mass is 16.5. The van der Waals surface area contributed by atoms with Crippen LogP contribution in [0.3, 0.4) is 0 Å². The molecular formula is C15H12O3. The van der Waals surface area contributed by atoms with Crippen molar-refractivity contribution in [3.8, 4) is 22.6 Å². The van der Waals surface area contributed by atoms with Crippen LogP contribution in [-0.2, 0) is 4.79 Å². The Balaban J connectivity index is 2.47. The van der Waals surface area contributed by atoms with E-state index in [4.69, 9.17) is 4.74 Å². The second-order valence-electron chi connectivity index (χ2n) is 3.67. The molecule has 1 N–H and O–H groups in total. The van der Waals surface area contributed by atoms with Gasteiger partial charge in [-0.25, -0.2) is 4.79 Å². The van der Waals surface area contributed by atoms with Crippen LogP contribution in [0.1, 0.15) is 0 Å². The third-order valence-corrected chi connectivity index (χ3v) is 2.43. The Morgan fingerprint density at radius 3 is 2.56 bits per heavy atom. The minimum Gasteiger partial charge on any atom is -0.508 e. The Kier molecular flexibility index (Phi) is 3.44. The van der Waals surface area contributed by atoms with Crippen molar-refractivity contribution in [2.24, 2.45) is 0 Å². The van der Waals surface area contributed by atoms with E-state index in [1.54, 1.807) is 12.1 Å². The number of carbonyl (C=O) groups is 1. The van der Waals surface area contributed by atoms with E-state index in [1.807, 2.05) is 30.3 Å². The first-order valence-corrected chi connectivity index (χ1v) is 5.43. The molecule has 90 valence electrons. The molecule has 0 aliphatic carbocycles. The number of phenols is 1. The summed E-state index contributed by atoms with van der Waals surface area (Å²) in [5.74, 6) is -0.203. The van der Waals surface area contributed by atoms with Gasteiger partial charge in [0.25, 0.3) is 0 Å². The quantitative estimate of drug-likeness (QED) is 0.509. The summed E-state index contributed by atoms with van der Waals surface area (Å²) in [6.45, 7) is 3.34. The van der Waals surface area contributed by atoms with Gasteiger partial charge in [0.2, 0.25) is 0 Å². The molecule has 2 aromatic carbocycles. The van der Waals surface area contributed by atoms with Gasteiger partial charge in [0.1, 0.15) is 11.5 Å². The lowest BCUT2D eigenvalue weighted by molar-refractivity contribution is -0.128. The van der Waals surface area contributed by atoms with Crippen LogP contribution in [0.25, 0.3) is 11.1 Å². The van der Waals surface area contributed by atoms with E-state index >= 15 is 0 Å². The molecule has 0 bridgehead atoms. The lowest BCUT2D eigenvalue weighted by Crippen LogP contribution is -2.04. The molecule has 0 spiro atoms. The van der Waals surface area contributed by atoms with Crippen LogP contribution in [0.2, 0.25) is 0 Å². The maximum Gasteiger partial charge on any atom is 0.335 e. The number of esters is 1. The molecule has 2 rings (SSSR count). The molecule has 3 nitrogen and oxygen atoms in total. The van der Waals surface area contributed by atoms with Gasteiger partial charge < -0.3 is 9.84 Å². The minimum atomic E-state index is -0.558. The van der Waals surface area contributed by atoms with Crippen LogP contribution in [0.5, 0.6) is 11.5 Å². The van der Waals surface area contributed by atoms with Crippen LogP contribution >= 0.6 is 0 Å². The van der Waals surface area contributed by atoms with E-state index in [1.165, 1.54) is 6.07 Å². The van der Waals surface area contributed by atoms with Crippen LogP contribution < -0.4 is 4.74 Å². The molecule has 0 amide bonds. The van der Waals surface area contributed by atoms with Crippen molar-refractivity contribution in [1.29, 1.82) is 0 Å². The summed E-state index contributed by atoms with van der Waals surface area (Å²) in [4.78, 5) is 11.3. The molecule has 0 aliphatic rings. The fourth-order valence-electron chi connectivity index (χ4n) is 1.60. The van der Waals surface area contributed by atoms with Gasteiger partial charge in [-0.05, 0) is 17.7 Å². The molecule has 0 aliphatic heterocycles. The largest absolute Gasteiger partial charge is 0.508 e. The van der Waals surface area contributed by atoms with Gasteiger partial charge in [0.05, 0.1) is 0 Å². The second kappa shape index (κ2) is 5.19. The lowest BCUT2D eigenvalue weighted by atomic mass is 10.0. The van der Waals surface area contributed by atoms with Gasteiger partial charge in [0, 0.05) is 17.7 Å². The number of hydrogen-bond donors (Lipinski definition) is 1. The van der Waals surface area contributed by atoms with E-state index in [0.717, 1.165) is 17.2 Å². The molecule has 0 saturated heterocycles. The summed E-state index contributed by atoms with van der Waals surface area (Å²) in [6.07, 6.45) is 1.08. The topological polar surface area (TPSA) is 46.5 Å². The first kappa shape index (κ1) is 11.9. The van der Waals surface area contributed by atoms with Crippen molar-refractivity contribution < 1.29 is 14.6 Å². The van der Waals surface area contributed by atoms with Crippen molar-refractivity contribution in [1.82, 2.24) is 0 Å². The summed E-state index contributed by atoms with van der Waals surface area (Å²) in [6, 6.07) is 14.1. The number of rotatable bonds is 3. The average Bonchev–Trinajstić information content (AvgIpc) is 2.40. The van der Waals surface area contributed by atoms with Gasteiger partial charge in [-0.1, -0.05) is 36.9 Å². The Hall–Kier alpha value is -2.55. The summed E-state index contributed by atoms with van der Waals surface area (Å²) >= 11 is 0. The maximum absolute atomic E-state index is 11.3. The smallest absolute Gasteiger partial charge is 0.335 e. The zero-order valence-electron chi connectivity index (χ0n) is 9.67. The Morgan fingerprint density at radius 2 is 1.89 bits per heavy atom. The van der Waals surface area contributed by atoms with Gasteiger partial charge in [-0.15, -0.1) is 0 Å².